The molecule has 0 bridgehead atoms. The molecule has 0 aliphatic carbocycles. The number of carbonyl (C=O) groups excluding carboxylic acids is 1. The average Bonchev–Trinajstić information content (AvgIpc) is 3.38. The van der Waals surface area contributed by atoms with Gasteiger partial charge in [0.05, 0.1) is 30.3 Å². The number of piperidine rings is 1. The lowest BCUT2D eigenvalue weighted by molar-refractivity contribution is -0.132. The van der Waals surface area contributed by atoms with Gasteiger partial charge in [-0.3, -0.25) is 4.79 Å². The van der Waals surface area contributed by atoms with Gasteiger partial charge in [-0.1, -0.05) is 11.2 Å². The van der Waals surface area contributed by atoms with Crippen LogP contribution in [0.2, 0.25) is 0 Å². The summed E-state index contributed by atoms with van der Waals surface area (Å²) in [6.45, 7) is 6.66. The Morgan fingerprint density at radius 3 is 2.78 bits per heavy atom. The molecule has 32 heavy (non-hydrogen) atoms. The first-order valence-electron chi connectivity index (χ1n) is 11.4. The number of aryl methyl sites for hydroxylation is 2. The van der Waals surface area contributed by atoms with E-state index in [9.17, 15) is 4.79 Å². The van der Waals surface area contributed by atoms with E-state index in [1.807, 2.05) is 41.6 Å². The van der Waals surface area contributed by atoms with Crippen molar-refractivity contribution in [1.29, 1.82) is 0 Å². The number of fused-ring (bicyclic) bond motifs is 1. The number of carbonyl (C=O) groups is 1. The van der Waals surface area contributed by atoms with E-state index in [0.29, 0.717) is 32.0 Å². The highest BCUT2D eigenvalue weighted by Crippen LogP contribution is 2.35. The third-order valence-corrected chi connectivity index (χ3v) is 6.71. The first-order valence-corrected chi connectivity index (χ1v) is 11.4. The molecular formula is C24H29N5O3. The summed E-state index contributed by atoms with van der Waals surface area (Å²) < 4.78 is 13.0. The number of rotatable bonds is 5. The van der Waals surface area contributed by atoms with E-state index in [-0.39, 0.29) is 5.91 Å². The van der Waals surface area contributed by atoms with Crippen LogP contribution in [0.1, 0.15) is 59.1 Å². The zero-order chi connectivity index (χ0) is 22.1. The van der Waals surface area contributed by atoms with Crippen LogP contribution in [0.15, 0.2) is 28.9 Å². The highest BCUT2D eigenvalue weighted by molar-refractivity contribution is 5.76. The minimum Gasteiger partial charge on any atom is -0.376 e. The topological polar surface area (TPSA) is 86.3 Å². The fraction of sp³-hybridized carbons (Fsp3) is 0.500. The maximum atomic E-state index is 12.9. The van der Waals surface area contributed by atoms with Crippen molar-refractivity contribution in [2.75, 3.05) is 19.7 Å². The molecule has 0 spiro atoms. The number of aromatic nitrogens is 4. The fourth-order valence-electron chi connectivity index (χ4n) is 4.94. The maximum absolute atomic E-state index is 12.9. The molecule has 3 aromatic rings. The molecule has 2 aliphatic rings. The quantitative estimate of drug-likeness (QED) is 0.611. The number of nitrogens with zero attached hydrogens (tertiary/aromatic N) is 5. The predicted octanol–water partition coefficient (Wildman–Crippen LogP) is 3.28. The predicted molar refractivity (Wildman–Crippen MR) is 118 cm³/mol. The lowest BCUT2D eigenvalue weighted by Gasteiger charge is -2.33. The van der Waals surface area contributed by atoms with E-state index in [2.05, 4.69) is 10.1 Å². The van der Waals surface area contributed by atoms with Crippen LogP contribution in [-0.4, -0.2) is 50.4 Å². The van der Waals surface area contributed by atoms with E-state index >= 15 is 0 Å². The van der Waals surface area contributed by atoms with E-state index in [1.54, 1.807) is 6.20 Å². The average molecular weight is 436 g/mol. The molecule has 0 radical (unpaired) electrons. The molecule has 2 aliphatic heterocycles. The summed E-state index contributed by atoms with van der Waals surface area (Å²) >= 11 is 0. The molecule has 1 saturated heterocycles. The third kappa shape index (κ3) is 3.95. The molecule has 0 atom stereocenters. The smallest absolute Gasteiger partial charge is 0.222 e. The van der Waals surface area contributed by atoms with Crippen LogP contribution in [0.4, 0.5) is 0 Å². The standard InChI is InChI=1S/C24H29N5O3/c1-16-19(17(2)32-27-16)6-7-23(30)28-12-8-18(9-13-28)24-20-15-31-14-10-21(20)26-29(24)22-5-3-4-11-25-22/h3-5,11,18H,6-10,12-15H2,1-2H3. The zero-order valence-corrected chi connectivity index (χ0v) is 18.7. The molecule has 8 heteroatoms. The molecule has 8 nitrogen and oxygen atoms in total. The van der Waals surface area contributed by atoms with Gasteiger partial charge in [0.25, 0.3) is 0 Å². The molecule has 5 heterocycles. The van der Waals surface area contributed by atoms with Crippen LogP contribution in [0.25, 0.3) is 5.82 Å². The number of pyridine rings is 1. The van der Waals surface area contributed by atoms with Gasteiger partial charge in [0.2, 0.25) is 5.91 Å². The van der Waals surface area contributed by atoms with Gasteiger partial charge in [0.15, 0.2) is 5.82 Å². The van der Waals surface area contributed by atoms with Crippen molar-refractivity contribution in [2.45, 2.75) is 58.5 Å². The SMILES string of the molecule is Cc1noc(C)c1CCC(=O)N1CCC(c2c3c(nn2-c2ccccn2)CCOC3)CC1. The normalized spacial score (nSPS) is 16.9. The van der Waals surface area contributed by atoms with Gasteiger partial charge in [-0.05, 0) is 45.2 Å². The van der Waals surface area contributed by atoms with Crippen LogP contribution in [0, 0.1) is 13.8 Å². The largest absolute Gasteiger partial charge is 0.376 e. The van der Waals surface area contributed by atoms with Crippen molar-refractivity contribution < 1.29 is 14.1 Å². The van der Waals surface area contributed by atoms with Gasteiger partial charge in [0, 0.05) is 49.2 Å². The van der Waals surface area contributed by atoms with Gasteiger partial charge < -0.3 is 14.2 Å². The Morgan fingerprint density at radius 2 is 2.06 bits per heavy atom. The Labute approximate surface area is 187 Å². The molecule has 0 N–H and O–H groups in total. The molecule has 1 amide bonds. The van der Waals surface area contributed by atoms with E-state index in [4.69, 9.17) is 14.4 Å². The molecule has 0 unspecified atom stereocenters. The number of hydrogen-bond acceptors (Lipinski definition) is 6. The minimum atomic E-state index is 0.201. The Morgan fingerprint density at radius 1 is 1.22 bits per heavy atom. The van der Waals surface area contributed by atoms with E-state index in [1.165, 1.54) is 11.3 Å². The highest BCUT2D eigenvalue weighted by Gasteiger charge is 2.31. The van der Waals surface area contributed by atoms with Crippen molar-refractivity contribution in [2.24, 2.45) is 0 Å². The monoisotopic (exact) mass is 435 g/mol. The number of hydrogen-bond donors (Lipinski definition) is 0. The van der Waals surface area contributed by atoms with Crippen LogP contribution >= 0.6 is 0 Å². The zero-order valence-electron chi connectivity index (χ0n) is 18.7. The fourth-order valence-corrected chi connectivity index (χ4v) is 4.94. The van der Waals surface area contributed by atoms with Crippen molar-refractivity contribution >= 4 is 5.91 Å². The summed E-state index contributed by atoms with van der Waals surface area (Å²) in [5.41, 5.74) is 5.48. The molecule has 1 fully saturated rings. The molecule has 0 aromatic carbocycles. The third-order valence-electron chi connectivity index (χ3n) is 6.71. The summed E-state index contributed by atoms with van der Waals surface area (Å²) in [5, 5.41) is 8.89. The lowest BCUT2D eigenvalue weighted by Crippen LogP contribution is -2.38. The molecule has 5 rings (SSSR count). The van der Waals surface area contributed by atoms with Gasteiger partial charge in [-0.2, -0.15) is 5.10 Å². The lowest BCUT2D eigenvalue weighted by atomic mass is 9.89. The second-order valence-electron chi connectivity index (χ2n) is 8.67. The van der Waals surface area contributed by atoms with Crippen molar-refractivity contribution in [3.05, 3.63) is 58.4 Å². The van der Waals surface area contributed by atoms with Crippen molar-refractivity contribution in [1.82, 2.24) is 24.8 Å². The summed E-state index contributed by atoms with van der Waals surface area (Å²) in [6, 6.07) is 5.90. The van der Waals surface area contributed by atoms with Crippen molar-refractivity contribution in [3.63, 3.8) is 0 Å². The number of likely N-dealkylation sites (tertiary alicyclic amines) is 1. The molecular weight excluding hydrogens is 406 g/mol. The Hall–Kier alpha value is -3.00. The number of amides is 1. The summed E-state index contributed by atoms with van der Waals surface area (Å²) in [4.78, 5) is 19.4. The number of ether oxygens (including phenoxy) is 1. The van der Waals surface area contributed by atoms with E-state index in [0.717, 1.165) is 60.9 Å². The van der Waals surface area contributed by atoms with Gasteiger partial charge >= 0.3 is 0 Å². The molecule has 0 saturated carbocycles. The Balaban J connectivity index is 1.29. The van der Waals surface area contributed by atoms with E-state index < -0.39 is 0 Å². The van der Waals surface area contributed by atoms with Crippen molar-refractivity contribution in [3.8, 4) is 5.82 Å². The van der Waals surface area contributed by atoms with Crippen LogP contribution in [0.3, 0.4) is 0 Å². The Kier molecular flexibility index (Phi) is 5.78. The molecule has 168 valence electrons. The highest BCUT2D eigenvalue weighted by atomic mass is 16.5. The second kappa shape index (κ2) is 8.86. The first-order chi connectivity index (χ1) is 15.6. The van der Waals surface area contributed by atoms with Gasteiger partial charge in [-0.15, -0.1) is 0 Å². The van der Waals surface area contributed by atoms with Gasteiger partial charge in [0.1, 0.15) is 5.76 Å². The van der Waals surface area contributed by atoms with Crippen LogP contribution in [0.5, 0.6) is 0 Å². The first kappa shape index (κ1) is 20.9. The minimum absolute atomic E-state index is 0.201. The van der Waals surface area contributed by atoms with Gasteiger partial charge in [-0.25, -0.2) is 9.67 Å². The summed E-state index contributed by atoms with van der Waals surface area (Å²) in [6.07, 6.45) is 5.64. The second-order valence-corrected chi connectivity index (χ2v) is 8.67. The maximum Gasteiger partial charge on any atom is 0.222 e. The van der Waals surface area contributed by atoms with Crippen LogP contribution < -0.4 is 0 Å². The summed E-state index contributed by atoms with van der Waals surface area (Å²) in [5.74, 6) is 2.19. The Bertz CT molecular complexity index is 1080. The van der Waals surface area contributed by atoms with Crippen LogP contribution in [-0.2, 0) is 29.0 Å². The summed E-state index contributed by atoms with van der Waals surface area (Å²) in [7, 11) is 0. The molecule has 3 aromatic heterocycles.